The molecular formula is C10H11BrN4S. The van der Waals surface area contributed by atoms with Crippen LogP contribution < -0.4 is 16.8 Å². The number of hydrogen-bond acceptors (Lipinski definition) is 5. The Morgan fingerprint density at radius 2 is 2.06 bits per heavy atom. The molecular weight excluding hydrogens is 288 g/mol. The first-order valence-corrected chi connectivity index (χ1v) is 6.26. The number of nitrogen functional groups attached to an aromatic ring is 2. The Balaban J connectivity index is 2.02. The Labute approximate surface area is 106 Å². The summed E-state index contributed by atoms with van der Waals surface area (Å²) in [5.41, 5.74) is 11.7. The number of nitrogens with zero attached hydrogens (tertiary/aromatic N) is 1. The lowest BCUT2D eigenvalue weighted by Gasteiger charge is -2.05. The van der Waals surface area contributed by atoms with E-state index in [-0.39, 0.29) is 0 Å². The summed E-state index contributed by atoms with van der Waals surface area (Å²) in [7, 11) is 0. The SMILES string of the molecule is Nc1ccc(NCc2ccc(Br)s2)nc1N. The molecule has 0 aliphatic heterocycles. The molecule has 0 saturated carbocycles. The minimum Gasteiger partial charge on any atom is -0.396 e. The van der Waals surface area contributed by atoms with Gasteiger partial charge in [0.1, 0.15) is 11.6 Å². The fourth-order valence-corrected chi connectivity index (χ4v) is 2.63. The Morgan fingerprint density at radius 3 is 2.69 bits per heavy atom. The highest BCUT2D eigenvalue weighted by molar-refractivity contribution is 9.11. The van der Waals surface area contributed by atoms with Gasteiger partial charge in [0.15, 0.2) is 0 Å². The lowest BCUT2D eigenvalue weighted by Crippen LogP contribution is -2.03. The van der Waals surface area contributed by atoms with Crippen LogP contribution in [0.5, 0.6) is 0 Å². The van der Waals surface area contributed by atoms with Crippen molar-refractivity contribution in [2.45, 2.75) is 6.54 Å². The molecule has 4 nitrogen and oxygen atoms in total. The van der Waals surface area contributed by atoms with Gasteiger partial charge in [-0.2, -0.15) is 0 Å². The van der Waals surface area contributed by atoms with E-state index in [9.17, 15) is 0 Å². The number of aromatic nitrogens is 1. The van der Waals surface area contributed by atoms with Gasteiger partial charge in [0.2, 0.25) is 0 Å². The second-order valence-electron chi connectivity index (χ2n) is 3.23. The van der Waals surface area contributed by atoms with Crippen LogP contribution in [0.2, 0.25) is 0 Å². The topological polar surface area (TPSA) is 77.0 Å². The summed E-state index contributed by atoms with van der Waals surface area (Å²) in [6.45, 7) is 0.729. The van der Waals surface area contributed by atoms with E-state index in [0.29, 0.717) is 11.5 Å². The summed E-state index contributed by atoms with van der Waals surface area (Å²) in [6, 6.07) is 7.64. The largest absolute Gasteiger partial charge is 0.396 e. The van der Waals surface area contributed by atoms with E-state index in [4.69, 9.17) is 11.5 Å². The Kier molecular flexibility index (Phi) is 3.31. The van der Waals surface area contributed by atoms with E-state index >= 15 is 0 Å². The van der Waals surface area contributed by atoms with E-state index < -0.39 is 0 Å². The van der Waals surface area contributed by atoms with Crippen LogP contribution in [0.4, 0.5) is 17.3 Å². The van der Waals surface area contributed by atoms with Crippen molar-refractivity contribution in [1.82, 2.24) is 4.98 Å². The number of anilines is 3. The van der Waals surface area contributed by atoms with Crippen LogP contribution in [-0.2, 0) is 6.54 Å². The van der Waals surface area contributed by atoms with E-state index in [0.717, 1.165) is 16.1 Å². The first-order valence-electron chi connectivity index (χ1n) is 4.65. The lowest BCUT2D eigenvalue weighted by molar-refractivity contribution is 1.15. The van der Waals surface area contributed by atoms with Gasteiger partial charge in [-0.25, -0.2) is 4.98 Å². The Morgan fingerprint density at radius 1 is 1.25 bits per heavy atom. The summed E-state index contributed by atoms with van der Waals surface area (Å²) in [5.74, 6) is 1.09. The minimum atomic E-state index is 0.359. The molecule has 0 fully saturated rings. The fraction of sp³-hybridized carbons (Fsp3) is 0.100. The molecule has 2 heterocycles. The average molecular weight is 299 g/mol. The molecule has 0 bridgehead atoms. The molecule has 0 aliphatic rings. The van der Waals surface area contributed by atoms with Gasteiger partial charge in [0.05, 0.1) is 16.0 Å². The standard InChI is InChI=1S/C10H11BrN4S/c11-8-3-1-6(16-8)5-14-9-4-2-7(12)10(13)15-9/h1-4H,5,12H2,(H3,13,14,15). The normalized spacial score (nSPS) is 10.3. The third-order valence-electron chi connectivity index (χ3n) is 2.03. The number of nitrogens with two attached hydrogens (primary N) is 2. The maximum Gasteiger partial charge on any atom is 0.149 e. The van der Waals surface area contributed by atoms with Crippen molar-refractivity contribution in [3.05, 3.63) is 32.9 Å². The van der Waals surface area contributed by atoms with Crippen molar-refractivity contribution >= 4 is 44.6 Å². The van der Waals surface area contributed by atoms with Gasteiger partial charge in [-0.1, -0.05) is 0 Å². The van der Waals surface area contributed by atoms with Gasteiger partial charge in [-0.05, 0) is 40.2 Å². The number of halogens is 1. The quantitative estimate of drug-likeness (QED) is 0.814. The first-order chi connectivity index (χ1) is 7.65. The summed E-state index contributed by atoms with van der Waals surface area (Å²) in [5, 5.41) is 3.19. The molecule has 0 atom stereocenters. The summed E-state index contributed by atoms with van der Waals surface area (Å²) < 4.78 is 1.12. The number of pyridine rings is 1. The van der Waals surface area contributed by atoms with Crippen molar-refractivity contribution in [2.24, 2.45) is 0 Å². The molecule has 84 valence electrons. The van der Waals surface area contributed by atoms with Crippen LogP contribution in [0.15, 0.2) is 28.1 Å². The summed E-state index contributed by atoms with van der Waals surface area (Å²) >= 11 is 5.10. The third kappa shape index (κ3) is 2.65. The predicted octanol–water partition coefficient (Wildman–Crippen LogP) is 2.68. The molecule has 0 saturated heterocycles. The molecule has 0 amide bonds. The van der Waals surface area contributed by atoms with Crippen molar-refractivity contribution < 1.29 is 0 Å². The van der Waals surface area contributed by atoms with E-state index in [2.05, 4.69) is 32.3 Å². The number of hydrogen-bond donors (Lipinski definition) is 3. The molecule has 2 aromatic rings. The fourth-order valence-electron chi connectivity index (χ4n) is 1.21. The van der Waals surface area contributed by atoms with Crippen molar-refractivity contribution in [1.29, 1.82) is 0 Å². The molecule has 2 rings (SSSR count). The molecule has 2 aromatic heterocycles. The molecule has 6 heteroatoms. The van der Waals surface area contributed by atoms with E-state index in [1.54, 1.807) is 17.4 Å². The molecule has 0 aliphatic carbocycles. The van der Waals surface area contributed by atoms with Gasteiger partial charge >= 0.3 is 0 Å². The molecule has 0 aromatic carbocycles. The first kappa shape index (κ1) is 11.2. The van der Waals surface area contributed by atoms with Crippen molar-refractivity contribution in [3.63, 3.8) is 0 Å². The average Bonchev–Trinajstić information content (AvgIpc) is 2.66. The molecule has 0 unspecified atom stereocenters. The zero-order chi connectivity index (χ0) is 11.5. The van der Waals surface area contributed by atoms with Crippen LogP contribution >= 0.6 is 27.3 Å². The van der Waals surface area contributed by atoms with Gasteiger partial charge in [0, 0.05) is 4.88 Å². The molecule has 0 spiro atoms. The second kappa shape index (κ2) is 4.71. The highest BCUT2D eigenvalue weighted by Crippen LogP contribution is 2.23. The maximum absolute atomic E-state index is 5.61. The number of thiophene rings is 1. The highest BCUT2D eigenvalue weighted by Gasteiger charge is 2.00. The third-order valence-corrected chi connectivity index (χ3v) is 3.65. The molecule has 16 heavy (non-hydrogen) atoms. The number of nitrogens with one attached hydrogen (secondary N) is 1. The Hall–Kier alpha value is -1.27. The maximum atomic E-state index is 5.61. The predicted molar refractivity (Wildman–Crippen MR) is 72.4 cm³/mol. The highest BCUT2D eigenvalue weighted by atomic mass is 79.9. The Bertz CT molecular complexity index is 497. The minimum absolute atomic E-state index is 0.359. The van der Waals surface area contributed by atoms with Crippen LogP contribution in [0, 0.1) is 0 Å². The van der Waals surface area contributed by atoms with Crippen LogP contribution in [-0.4, -0.2) is 4.98 Å². The van der Waals surface area contributed by atoms with Gasteiger partial charge in [0.25, 0.3) is 0 Å². The van der Waals surface area contributed by atoms with E-state index in [1.807, 2.05) is 12.1 Å². The monoisotopic (exact) mass is 298 g/mol. The number of rotatable bonds is 3. The molecule has 5 N–H and O–H groups in total. The van der Waals surface area contributed by atoms with E-state index in [1.165, 1.54) is 4.88 Å². The molecule has 0 radical (unpaired) electrons. The van der Waals surface area contributed by atoms with Crippen LogP contribution in [0.1, 0.15) is 4.88 Å². The van der Waals surface area contributed by atoms with Gasteiger partial charge in [-0.15, -0.1) is 11.3 Å². The smallest absolute Gasteiger partial charge is 0.149 e. The van der Waals surface area contributed by atoms with Crippen molar-refractivity contribution in [3.8, 4) is 0 Å². The van der Waals surface area contributed by atoms with Gasteiger partial charge < -0.3 is 16.8 Å². The summed E-state index contributed by atoms with van der Waals surface area (Å²) in [4.78, 5) is 5.36. The van der Waals surface area contributed by atoms with Crippen molar-refractivity contribution in [2.75, 3.05) is 16.8 Å². The zero-order valence-electron chi connectivity index (χ0n) is 8.40. The van der Waals surface area contributed by atoms with Crippen LogP contribution in [0.25, 0.3) is 0 Å². The summed E-state index contributed by atoms with van der Waals surface area (Å²) in [6.07, 6.45) is 0. The zero-order valence-corrected chi connectivity index (χ0v) is 10.8. The van der Waals surface area contributed by atoms with Crippen LogP contribution in [0.3, 0.4) is 0 Å². The van der Waals surface area contributed by atoms with Gasteiger partial charge in [-0.3, -0.25) is 0 Å². The lowest BCUT2D eigenvalue weighted by atomic mass is 10.4. The second-order valence-corrected chi connectivity index (χ2v) is 5.78.